The number of fused-ring (bicyclic) bond motifs is 1. The van der Waals surface area contributed by atoms with Crippen molar-refractivity contribution in [2.45, 2.75) is 26.4 Å². The van der Waals surface area contributed by atoms with Gasteiger partial charge in [0.25, 0.3) is 0 Å². The molecule has 0 aliphatic heterocycles. The molecule has 0 aliphatic carbocycles. The summed E-state index contributed by atoms with van der Waals surface area (Å²) in [6.07, 6.45) is 1.87. The molecule has 0 bridgehead atoms. The third-order valence-corrected chi connectivity index (χ3v) is 3.81. The molecule has 0 radical (unpaired) electrons. The van der Waals surface area contributed by atoms with Crippen LogP contribution >= 0.6 is 15.9 Å². The number of benzene rings is 2. The second kappa shape index (κ2) is 6.32. The first-order valence-electron chi connectivity index (χ1n) is 7.60. The van der Waals surface area contributed by atoms with Crippen LogP contribution in [0, 0.1) is 0 Å². The van der Waals surface area contributed by atoms with Gasteiger partial charge in [-0.2, -0.15) is 0 Å². The number of halogens is 1. The van der Waals surface area contributed by atoms with Crippen molar-refractivity contribution < 1.29 is 14.3 Å². The molecule has 0 saturated heterocycles. The van der Waals surface area contributed by atoms with Crippen LogP contribution in [0.4, 0.5) is 0 Å². The molecule has 0 fully saturated rings. The first-order chi connectivity index (χ1) is 11.3. The molecular weight excluding hydrogens is 370 g/mol. The highest BCUT2D eigenvalue weighted by molar-refractivity contribution is 9.10. The molecule has 1 N–H and O–H groups in total. The highest BCUT2D eigenvalue weighted by Crippen LogP contribution is 2.31. The summed E-state index contributed by atoms with van der Waals surface area (Å²) >= 11 is 3.42. The number of rotatable bonds is 3. The number of carbonyl (C=O) groups excluding carboxylic acids is 1. The van der Waals surface area contributed by atoms with Gasteiger partial charge in [-0.25, -0.2) is 4.79 Å². The minimum Gasteiger partial charge on any atom is -0.456 e. The summed E-state index contributed by atoms with van der Waals surface area (Å²) in [7, 11) is 0. The minimum absolute atomic E-state index is 0.391. The van der Waals surface area contributed by atoms with Crippen LogP contribution in [0.2, 0.25) is 0 Å². The number of hydrogen-bond acceptors (Lipinski definition) is 3. The van der Waals surface area contributed by atoms with Gasteiger partial charge in [0.15, 0.2) is 0 Å². The van der Waals surface area contributed by atoms with Crippen LogP contribution < -0.4 is 4.74 Å². The normalized spacial score (nSPS) is 11.5. The van der Waals surface area contributed by atoms with Gasteiger partial charge < -0.3 is 14.5 Å². The molecule has 0 spiro atoms. The largest absolute Gasteiger partial charge is 0.456 e. The summed E-state index contributed by atoms with van der Waals surface area (Å²) in [6, 6.07) is 12.9. The lowest BCUT2D eigenvalue weighted by Crippen LogP contribution is -2.24. The second-order valence-electron chi connectivity index (χ2n) is 6.47. The average molecular weight is 388 g/mol. The maximum absolute atomic E-state index is 12.4. The summed E-state index contributed by atoms with van der Waals surface area (Å²) in [5.74, 6) is 0.700. The number of aromatic nitrogens is 1. The van der Waals surface area contributed by atoms with Crippen molar-refractivity contribution in [3.05, 3.63) is 58.7 Å². The predicted molar refractivity (Wildman–Crippen MR) is 97.7 cm³/mol. The fourth-order valence-corrected chi connectivity index (χ4v) is 2.64. The molecule has 124 valence electrons. The van der Waals surface area contributed by atoms with E-state index in [-0.39, 0.29) is 0 Å². The Morgan fingerprint density at radius 2 is 1.88 bits per heavy atom. The van der Waals surface area contributed by atoms with E-state index in [0.29, 0.717) is 17.1 Å². The molecule has 5 heteroatoms. The minimum atomic E-state index is -0.564. The van der Waals surface area contributed by atoms with Crippen molar-refractivity contribution in [3.63, 3.8) is 0 Å². The molecule has 0 aliphatic rings. The SMILES string of the molecule is CC(C)(C)OC(=O)c1ccc(Br)cc1Oc1ccc2[nH]ccc2c1. The van der Waals surface area contributed by atoms with Crippen LogP contribution in [0.15, 0.2) is 53.1 Å². The molecule has 1 aromatic heterocycles. The predicted octanol–water partition coefficient (Wildman–Crippen LogP) is 5.68. The van der Waals surface area contributed by atoms with E-state index in [1.165, 1.54) is 0 Å². The van der Waals surface area contributed by atoms with Gasteiger partial charge in [-0.1, -0.05) is 15.9 Å². The first kappa shape index (κ1) is 16.6. The topological polar surface area (TPSA) is 51.3 Å². The van der Waals surface area contributed by atoms with Crippen LogP contribution in [0.3, 0.4) is 0 Å². The van der Waals surface area contributed by atoms with E-state index in [2.05, 4.69) is 20.9 Å². The Morgan fingerprint density at radius 3 is 2.62 bits per heavy atom. The maximum Gasteiger partial charge on any atom is 0.342 e. The molecule has 1 heterocycles. The molecule has 0 saturated carbocycles. The number of H-pyrrole nitrogens is 1. The number of ether oxygens (including phenoxy) is 2. The zero-order valence-corrected chi connectivity index (χ0v) is 15.3. The van der Waals surface area contributed by atoms with Crippen molar-refractivity contribution in [3.8, 4) is 11.5 Å². The number of nitrogens with one attached hydrogen (secondary N) is 1. The quantitative estimate of drug-likeness (QED) is 0.588. The zero-order valence-electron chi connectivity index (χ0n) is 13.7. The Hall–Kier alpha value is -2.27. The zero-order chi connectivity index (χ0) is 17.3. The van der Waals surface area contributed by atoms with Crippen LogP contribution in [-0.4, -0.2) is 16.6 Å². The lowest BCUT2D eigenvalue weighted by atomic mass is 10.1. The van der Waals surface area contributed by atoms with E-state index in [1.54, 1.807) is 18.2 Å². The highest BCUT2D eigenvalue weighted by Gasteiger charge is 2.21. The molecular formula is C19H18BrNO3. The molecule has 4 nitrogen and oxygen atoms in total. The van der Waals surface area contributed by atoms with E-state index in [9.17, 15) is 4.79 Å². The van der Waals surface area contributed by atoms with Gasteiger partial charge in [0.05, 0.1) is 0 Å². The van der Waals surface area contributed by atoms with E-state index < -0.39 is 11.6 Å². The summed E-state index contributed by atoms with van der Waals surface area (Å²) in [5.41, 5.74) is 0.858. The van der Waals surface area contributed by atoms with Gasteiger partial charge in [-0.3, -0.25) is 0 Å². The summed E-state index contributed by atoms with van der Waals surface area (Å²) in [6.45, 7) is 5.51. The monoisotopic (exact) mass is 387 g/mol. The van der Waals surface area contributed by atoms with E-state index in [4.69, 9.17) is 9.47 Å². The fraction of sp³-hybridized carbons (Fsp3) is 0.211. The van der Waals surface area contributed by atoms with Crippen LogP contribution in [-0.2, 0) is 4.74 Å². The molecule has 0 amide bonds. The number of aromatic amines is 1. The van der Waals surface area contributed by atoms with Gasteiger partial charge in [-0.15, -0.1) is 0 Å². The molecule has 3 aromatic rings. The van der Waals surface area contributed by atoms with E-state index >= 15 is 0 Å². The lowest BCUT2D eigenvalue weighted by Gasteiger charge is -2.20. The van der Waals surface area contributed by atoms with Crippen molar-refractivity contribution in [1.29, 1.82) is 0 Å². The van der Waals surface area contributed by atoms with E-state index in [1.807, 2.05) is 51.2 Å². The van der Waals surface area contributed by atoms with Crippen molar-refractivity contribution >= 4 is 32.8 Å². The number of esters is 1. The highest BCUT2D eigenvalue weighted by atomic mass is 79.9. The summed E-state index contributed by atoms with van der Waals surface area (Å²) in [4.78, 5) is 15.6. The Balaban J connectivity index is 1.94. The smallest absolute Gasteiger partial charge is 0.342 e. The van der Waals surface area contributed by atoms with Gasteiger partial charge in [0, 0.05) is 21.6 Å². The Morgan fingerprint density at radius 1 is 1.08 bits per heavy atom. The molecule has 0 unspecified atom stereocenters. The van der Waals surface area contributed by atoms with Gasteiger partial charge >= 0.3 is 5.97 Å². The Labute approximate surface area is 148 Å². The second-order valence-corrected chi connectivity index (χ2v) is 7.39. The van der Waals surface area contributed by atoms with Gasteiger partial charge in [0.1, 0.15) is 22.7 Å². The molecule has 0 atom stereocenters. The van der Waals surface area contributed by atoms with Gasteiger partial charge in [0.2, 0.25) is 0 Å². The third kappa shape index (κ3) is 3.79. The van der Waals surface area contributed by atoms with Crippen LogP contribution in [0.5, 0.6) is 11.5 Å². The van der Waals surface area contributed by atoms with Crippen LogP contribution in [0.25, 0.3) is 10.9 Å². The summed E-state index contributed by atoms with van der Waals surface area (Å²) in [5, 5.41) is 1.04. The van der Waals surface area contributed by atoms with Crippen LogP contribution in [0.1, 0.15) is 31.1 Å². The van der Waals surface area contributed by atoms with Gasteiger partial charge in [-0.05, 0) is 63.2 Å². The molecule has 24 heavy (non-hydrogen) atoms. The Kier molecular flexibility index (Phi) is 4.37. The van der Waals surface area contributed by atoms with Crippen molar-refractivity contribution in [1.82, 2.24) is 4.98 Å². The average Bonchev–Trinajstić information content (AvgIpc) is 2.93. The number of hydrogen-bond donors (Lipinski definition) is 1. The number of carbonyl (C=O) groups is 1. The lowest BCUT2D eigenvalue weighted by molar-refractivity contribution is 0.00672. The molecule has 3 rings (SSSR count). The third-order valence-electron chi connectivity index (χ3n) is 3.32. The molecule has 2 aromatic carbocycles. The van der Waals surface area contributed by atoms with Crippen molar-refractivity contribution in [2.24, 2.45) is 0 Å². The van der Waals surface area contributed by atoms with Crippen molar-refractivity contribution in [2.75, 3.05) is 0 Å². The Bertz CT molecular complexity index is 893. The fourth-order valence-electron chi connectivity index (χ4n) is 2.30. The first-order valence-corrected chi connectivity index (χ1v) is 8.39. The van der Waals surface area contributed by atoms with E-state index in [0.717, 1.165) is 15.4 Å². The standard InChI is InChI=1S/C19H18BrNO3/c1-19(2,3)24-18(22)15-6-4-13(20)11-17(15)23-14-5-7-16-12(10-14)8-9-21-16/h4-11,21H,1-3H3. The summed E-state index contributed by atoms with van der Waals surface area (Å²) < 4.78 is 12.2. The maximum atomic E-state index is 12.4.